The largest absolute Gasteiger partial charge is 0.496 e. The summed E-state index contributed by atoms with van der Waals surface area (Å²) >= 11 is 0. The molecule has 2 aliphatic rings. The van der Waals surface area contributed by atoms with Crippen molar-refractivity contribution in [1.82, 2.24) is 5.32 Å². The lowest BCUT2D eigenvalue weighted by Gasteiger charge is -2.33. The predicted octanol–water partition coefficient (Wildman–Crippen LogP) is 2.45. The van der Waals surface area contributed by atoms with E-state index >= 15 is 0 Å². The van der Waals surface area contributed by atoms with E-state index < -0.39 is 26.9 Å². The maximum Gasteiger partial charge on any atom is 0.340 e. The van der Waals surface area contributed by atoms with Gasteiger partial charge < -0.3 is 19.2 Å². The van der Waals surface area contributed by atoms with Gasteiger partial charge in [0.2, 0.25) is 5.91 Å². The molecule has 1 atom stereocenters. The van der Waals surface area contributed by atoms with Gasteiger partial charge in [0, 0.05) is 11.6 Å². The van der Waals surface area contributed by atoms with Crippen molar-refractivity contribution in [2.45, 2.75) is 64.5 Å². The Balaban J connectivity index is 1.73. The summed E-state index contributed by atoms with van der Waals surface area (Å²) in [4.78, 5) is 25.6. The standard InChI is InChI=1S/C23H29NO7S/c1-13-15(10-18(25)24-23(4)8-9-32(27,28)12-23)21(26)30-20-14-6-7-22(2,3)31-16(14)11-17(29-5)19(13)20/h11H,6-10,12H2,1-5H3,(H,24,25). The third-order valence-electron chi connectivity index (χ3n) is 6.44. The number of benzene rings is 1. The number of amides is 1. The second-order valence-electron chi connectivity index (χ2n) is 9.74. The van der Waals surface area contributed by atoms with Crippen LogP contribution in [-0.2, 0) is 27.5 Å². The molecule has 3 heterocycles. The van der Waals surface area contributed by atoms with Gasteiger partial charge in [0.25, 0.3) is 0 Å². The number of fused-ring (bicyclic) bond motifs is 3. The van der Waals surface area contributed by atoms with E-state index in [4.69, 9.17) is 13.9 Å². The Kier molecular flexibility index (Phi) is 5.31. The van der Waals surface area contributed by atoms with Crippen LogP contribution in [0.5, 0.6) is 11.5 Å². The Bertz CT molecular complexity index is 1280. The molecule has 0 aliphatic carbocycles. The smallest absolute Gasteiger partial charge is 0.340 e. The fourth-order valence-electron chi connectivity index (χ4n) is 4.70. The van der Waals surface area contributed by atoms with Gasteiger partial charge in [0.05, 0.1) is 41.5 Å². The molecule has 0 bridgehead atoms. The van der Waals surface area contributed by atoms with Gasteiger partial charge in [0.15, 0.2) is 9.84 Å². The zero-order valence-corrected chi connectivity index (χ0v) is 19.9. The second kappa shape index (κ2) is 7.50. The van der Waals surface area contributed by atoms with Crippen molar-refractivity contribution in [2.24, 2.45) is 0 Å². The van der Waals surface area contributed by atoms with E-state index in [1.807, 2.05) is 13.8 Å². The molecule has 1 aromatic heterocycles. The molecular formula is C23H29NO7S. The van der Waals surface area contributed by atoms with Crippen LogP contribution in [0.3, 0.4) is 0 Å². The Morgan fingerprint density at radius 3 is 2.59 bits per heavy atom. The molecular weight excluding hydrogens is 434 g/mol. The van der Waals surface area contributed by atoms with Crippen molar-refractivity contribution in [1.29, 1.82) is 0 Å². The SMILES string of the molecule is COc1cc2c(c3oc(=O)c(CC(=O)NC4(C)CCS(=O)(=O)C4)c(C)c13)CCC(C)(C)O2. The van der Waals surface area contributed by atoms with Crippen LogP contribution < -0.4 is 20.4 Å². The highest BCUT2D eigenvalue weighted by molar-refractivity contribution is 7.91. The molecule has 0 radical (unpaired) electrons. The van der Waals surface area contributed by atoms with Crippen LogP contribution in [0, 0.1) is 6.92 Å². The molecule has 1 fully saturated rings. The minimum absolute atomic E-state index is 0.0438. The normalized spacial score (nSPS) is 23.4. The topological polar surface area (TPSA) is 112 Å². The first-order valence-electron chi connectivity index (χ1n) is 10.7. The summed E-state index contributed by atoms with van der Waals surface area (Å²) in [5.41, 5.74) is 0.338. The number of hydrogen-bond acceptors (Lipinski definition) is 7. The summed E-state index contributed by atoms with van der Waals surface area (Å²) in [5, 5.41) is 3.44. The number of carbonyl (C=O) groups excluding carboxylic acids is 1. The Hall–Kier alpha value is -2.55. The molecule has 0 saturated carbocycles. The summed E-state index contributed by atoms with van der Waals surface area (Å²) in [6.45, 7) is 7.49. The fraction of sp³-hybridized carbons (Fsp3) is 0.565. The maximum atomic E-state index is 12.9. The summed E-state index contributed by atoms with van der Waals surface area (Å²) in [6.07, 6.45) is 1.61. The van der Waals surface area contributed by atoms with Gasteiger partial charge in [-0.05, 0) is 52.5 Å². The summed E-state index contributed by atoms with van der Waals surface area (Å²) in [6, 6.07) is 1.81. The highest BCUT2D eigenvalue weighted by Gasteiger charge is 2.39. The fourth-order valence-corrected chi connectivity index (χ4v) is 6.79. The Morgan fingerprint density at radius 2 is 1.97 bits per heavy atom. The third-order valence-corrected chi connectivity index (χ3v) is 8.34. The number of aryl methyl sites for hydroxylation is 2. The predicted molar refractivity (Wildman–Crippen MR) is 120 cm³/mol. The lowest BCUT2D eigenvalue weighted by molar-refractivity contribution is -0.122. The Morgan fingerprint density at radius 1 is 1.25 bits per heavy atom. The van der Waals surface area contributed by atoms with E-state index in [9.17, 15) is 18.0 Å². The van der Waals surface area contributed by atoms with Gasteiger partial charge in [-0.1, -0.05) is 0 Å². The van der Waals surface area contributed by atoms with Gasteiger partial charge >= 0.3 is 5.63 Å². The number of ether oxygens (including phenoxy) is 2. The molecule has 174 valence electrons. The minimum Gasteiger partial charge on any atom is -0.496 e. The quantitative estimate of drug-likeness (QED) is 0.693. The van der Waals surface area contributed by atoms with Crippen molar-refractivity contribution in [3.8, 4) is 11.5 Å². The van der Waals surface area contributed by atoms with Gasteiger partial charge in [-0.3, -0.25) is 4.79 Å². The van der Waals surface area contributed by atoms with Crippen LogP contribution in [0.1, 0.15) is 50.3 Å². The monoisotopic (exact) mass is 463 g/mol. The summed E-state index contributed by atoms with van der Waals surface area (Å²) in [7, 11) is -1.63. The van der Waals surface area contributed by atoms with Crippen LogP contribution in [0.15, 0.2) is 15.3 Å². The number of sulfone groups is 1. The van der Waals surface area contributed by atoms with E-state index in [-0.39, 0.29) is 29.1 Å². The van der Waals surface area contributed by atoms with Crippen LogP contribution in [0.2, 0.25) is 0 Å². The van der Waals surface area contributed by atoms with E-state index in [0.29, 0.717) is 40.9 Å². The highest BCUT2D eigenvalue weighted by atomic mass is 32.2. The Labute approximate surface area is 187 Å². The average molecular weight is 464 g/mol. The van der Waals surface area contributed by atoms with Crippen molar-refractivity contribution in [3.63, 3.8) is 0 Å². The second-order valence-corrected chi connectivity index (χ2v) is 11.9. The summed E-state index contributed by atoms with van der Waals surface area (Å²) < 4.78 is 41.0. The number of rotatable bonds is 4. The maximum absolute atomic E-state index is 12.9. The first kappa shape index (κ1) is 22.6. The molecule has 2 aromatic rings. The van der Waals surface area contributed by atoms with Gasteiger partial charge in [-0.2, -0.15) is 0 Å². The van der Waals surface area contributed by atoms with E-state index in [2.05, 4.69) is 5.32 Å². The van der Waals surface area contributed by atoms with E-state index in [1.165, 1.54) is 7.11 Å². The zero-order chi connectivity index (χ0) is 23.5. The van der Waals surface area contributed by atoms with Crippen molar-refractivity contribution in [3.05, 3.63) is 33.2 Å². The van der Waals surface area contributed by atoms with Crippen molar-refractivity contribution in [2.75, 3.05) is 18.6 Å². The molecule has 1 unspecified atom stereocenters. The lowest BCUT2D eigenvalue weighted by atomic mass is 9.91. The molecule has 1 amide bonds. The van der Waals surface area contributed by atoms with Gasteiger partial charge in [-0.25, -0.2) is 13.2 Å². The van der Waals surface area contributed by atoms with Crippen molar-refractivity contribution < 1.29 is 27.1 Å². The molecule has 9 heteroatoms. The van der Waals surface area contributed by atoms with Gasteiger partial charge in [-0.15, -0.1) is 0 Å². The molecule has 1 N–H and O–H groups in total. The van der Waals surface area contributed by atoms with Crippen LogP contribution in [0.25, 0.3) is 11.0 Å². The first-order chi connectivity index (χ1) is 14.8. The minimum atomic E-state index is -3.17. The number of methoxy groups -OCH3 is 1. The molecule has 32 heavy (non-hydrogen) atoms. The number of nitrogens with one attached hydrogen (secondary N) is 1. The van der Waals surface area contributed by atoms with E-state index in [1.54, 1.807) is 19.9 Å². The number of hydrogen-bond donors (Lipinski definition) is 1. The average Bonchev–Trinajstić information content (AvgIpc) is 2.95. The third kappa shape index (κ3) is 4.10. The van der Waals surface area contributed by atoms with Crippen LogP contribution in [-0.4, -0.2) is 44.1 Å². The highest BCUT2D eigenvalue weighted by Crippen LogP contribution is 2.43. The number of carbonyl (C=O) groups is 1. The molecule has 1 saturated heterocycles. The molecule has 1 aromatic carbocycles. The van der Waals surface area contributed by atoms with Crippen LogP contribution >= 0.6 is 0 Å². The molecule has 4 rings (SSSR count). The van der Waals surface area contributed by atoms with Crippen molar-refractivity contribution >= 4 is 26.7 Å². The molecule has 0 spiro atoms. The lowest BCUT2D eigenvalue weighted by Crippen LogP contribution is -2.47. The van der Waals surface area contributed by atoms with Crippen LogP contribution in [0.4, 0.5) is 0 Å². The van der Waals surface area contributed by atoms with Gasteiger partial charge in [0.1, 0.15) is 22.7 Å². The van der Waals surface area contributed by atoms with E-state index in [0.717, 1.165) is 12.0 Å². The first-order valence-corrected chi connectivity index (χ1v) is 12.5. The zero-order valence-electron chi connectivity index (χ0n) is 19.1. The summed E-state index contributed by atoms with van der Waals surface area (Å²) in [5.74, 6) is 0.665. The molecule has 2 aliphatic heterocycles. The molecule has 8 nitrogen and oxygen atoms in total.